The quantitative estimate of drug-likeness (QED) is 0.675. The molecule has 0 saturated heterocycles. The van der Waals surface area contributed by atoms with Gasteiger partial charge in [0.15, 0.2) is 0 Å². The molecule has 1 fully saturated rings. The molecule has 21 heavy (non-hydrogen) atoms. The minimum Gasteiger partial charge on any atom is -0.381 e. The third-order valence-corrected chi connectivity index (χ3v) is 3.82. The molecule has 0 bridgehead atoms. The van der Waals surface area contributed by atoms with Crippen molar-refractivity contribution in [1.29, 1.82) is 0 Å². The van der Waals surface area contributed by atoms with Gasteiger partial charge in [-0.1, -0.05) is 24.9 Å². The number of nitrogens with one attached hydrogen (secondary N) is 1. The van der Waals surface area contributed by atoms with Crippen molar-refractivity contribution in [3.05, 3.63) is 21.6 Å². The summed E-state index contributed by atoms with van der Waals surface area (Å²) in [6, 6.07) is 0. The summed E-state index contributed by atoms with van der Waals surface area (Å²) >= 11 is 6.07. The van der Waals surface area contributed by atoms with Gasteiger partial charge in [0, 0.05) is 26.3 Å². The van der Waals surface area contributed by atoms with Crippen molar-refractivity contribution in [2.75, 3.05) is 25.1 Å². The number of rotatable bonds is 10. The van der Waals surface area contributed by atoms with E-state index in [2.05, 4.69) is 17.3 Å². The number of nitrogens with zero attached hydrogens (tertiary/aromatic N) is 2. The van der Waals surface area contributed by atoms with Crippen LogP contribution in [0.5, 0.6) is 0 Å². The lowest BCUT2D eigenvalue weighted by Crippen LogP contribution is -2.27. The molecule has 0 aliphatic heterocycles. The second-order valence-corrected chi connectivity index (χ2v) is 5.95. The van der Waals surface area contributed by atoms with Gasteiger partial charge < -0.3 is 10.1 Å². The van der Waals surface area contributed by atoms with Crippen molar-refractivity contribution in [3.63, 3.8) is 0 Å². The summed E-state index contributed by atoms with van der Waals surface area (Å²) in [4.78, 5) is 12.3. The monoisotopic (exact) mass is 313 g/mol. The fourth-order valence-corrected chi connectivity index (χ4v) is 2.23. The van der Waals surface area contributed by atoms with Crippen molar-refractivity contribution < 1.29 is 4.74 Å². The van der Waals surface area contributed by atoms with Gasteiger partial charge in [0.1, 0.15) is 5.69 Å². The fraction of sp³-hybridized carbons (Fsp3) is 0.733. The van der Waals surface area contributed by atoms with E-state index in [1.165, 1.54) is 17.5 Å². The molecule has 1 N–H and O–H groups in total. The van der Waals surface area contributed by atoms with Crippen LogP contribution in [-0.2, 0) is 11.3 Å². The third kappa shape index (κ3) is 5.32. The molecule has 1 aromatic heterocycles. The van der Waals surface area contributed by atoms with E-state index in [1.54, 1.807) is 6.20 Å². The van der Waals surface area contributed by atoms with Gasteiger partial charge in [-0.15, -0.1) is 0 Å². The first-order chi connectivity index (χ1) is 10.2. The Bertz CT molecular complexity index is 500. The number of halogens is 1. The predicted octanol–water partition coefficient (Wildman–Crippen LogP) is 2.93. The van der Waals surface area contributed by atoms with Crippen LogP contribution in [0.1, 0.15) is 39.0 Å². The molecule has 0 unspecified atom stereocenters. The SMILES string of the molecule is CCCCOCCCNc1c(Cl)cnn(CC2CC2)c1=O. The number of anilines is 1. The van der Waals surface area contributed by atoms with Gasteiger partial charge in [0.25, 0.3) is 5.56 Å². The van der Waals surface area contributed by atoms with E-state index in [0.717, 1.165) is 25.9 Å². The molecule has 0 amide bonds. The van der Waals surface area contributed by atoms with Crippen molar-refractivity contribution in [2.24, 2.45) is 5.92 Å². The zero-order valence-corrected chi connectivity index (χ0v) is 13.4. The summed E-state index contributed by atoms with van der Waals surface area (Å²) in [5.41, 5.74) is 0.335. The number of hydrogen-bond acceptors (Lipinski definition) is 4. The van der Waals surface area contributed by atoms with Crippen LogP contribution in [0.2, 0.25) is 5.02 Å². The van der Waals surface area contributed by atoms with E-state index < -0.39 is 0 Å². The molecule has 0 atom stereocenters. The topological polar surface area (TPSA) is 56.1 Å². The number of hydrogen-bond donors (Lipinski definition) is 1. The third-order valence-electron chi connectivity index (χ3n) is 3.54. The van der Waals surface area contributed by atoms with Gasteiger partial charge in [-0.25, -0.2) is 4.68 Å². The highest BCUT2D eigenvalue weighted by Gasteiger charge is 2.23. The summed E-state index contributed by atoms with van der Waals surface area (Å²) in [7, 11) is 0. The highest BCUT2D eigenvalue weighted by molar-refractivity contribution is 6.32. The fourth-order valence-electron chi connectivity index (χ4n) is 2.04. The molecular formula is C15H24ClN3O2. The molecule has 0 spiro atoms. The van der Waals surface area contributed by atoms with Gasteiger partial charge in [-0.2, -0.15) is 5.10 Å². The Kier molecular flexibility index (Phi) is 6.51. The minimum atomic E-state index is -0.124. The average molecular weight is 314 g/mol. The maximum atomic E-state index is 12.3. The number of aromatic nitrogens is 2. The molecule has 1 heterocycles. The molecule has 5 nitrogen and oxygen atoms in total. The van der Waals surface area contributed by atoms with Crippen molar-refractivity contribution in [3.8, 4) is 0 Å². The Balaban J connectivity index is 1.80. The highest BCUT2D eigenvalue weighted by Crippen LogP contribution is 2.30. The molecule has 1 saturated carbocycles. The van der Waals surface area contributed by atoms with Crippen molar-refractivity contribution in [1.82, 2.24) is 9.78 Å². The Morgan fingerprint density at radius 2 is 2.19 bits per heavy atom. The van der Waals surface area contributed by atoms with Crippen LogP contribution in [0, 0.1) is 5.92 Å². The van der Waals surface area contributed by atoms with E-state index in [-0.39, 0.29) is 5.56 Å². The summed E-state index contributed by atoms with van der Waals surface area (Å²) in [6.45, 7) is 5.02. The Morgan fingerprint density at radius 1 is 1.43 bits per heavy atom. The molecule has 6 heteroatoms. The molecule has 2 rings (SSSR count). The first-order valence-electron chi connectivity index (χ1n) is 7.79. The van der Waals surface area contributed by atoms with Crippen LogP contribution in [0.25, 0.3) is 0 Å². The first-order valence-corrected chi connectivity index (χ1v) is 8.17. The van der Waals surface area contributed by atoms with Gasteiger partial charge in [0.2, 0.25) is 0 Å². The van der Waals surface area contributed by atoms with Gasteiger partial charge in [-0.3, -0.25) is 4.79 Å². The van der Waals surface area contributed by atoms with Crippen LogP contribution in [-0.4, -0.2) is 29.5 Å². The maximum Gasteiger partial charge on any atom is 0.291 e. The Labute approximate surface area is 130 Å². The number of ether oxygens (including phenoxy) is 1. The van der Waals surface area contributed by atoms with Crippen LogP contribution >= 0.6 is 11.6 Å². The van der Waals surface area contributed by atoms with Crippen molar-refractivity contribution >= 4 is 17.3 Å². The van der Waals surface area contributed by atoms with Crippen LogP contribution < -0.4 is 10.9 Å². The Morgan fingerprint density at radius 3 is 2.90 bits per heavy atom. The summed E-state index contributed by atoms with van der Waals surface area (Å²) in [5, 5.41) is 7.61. The molecule has 118 valence electrons. The molecule has 1 aromatic rings. The van der Waals surface area contributed by atoms with E-state index >= 15 is 0 Å². The predicted molar refractivity (Wildman–Crippen MR) is 85.1 cm³/mol. The van der Waals surface area contributed by atoms with E-state index in [1.807, 2.05) is 0 Å². The zero-order valence-electron chi connectivity index (χ0n) is 12.6. The number of unbranched alkanes of at least 4 members (excludes halogenated alkanes) is 1. The normalized spacial score (nSPS) is 14.4. The van der Waals surface area contributed by atoms with Crippen LogP contribution in [0.15, 0.2) is 11.0 Å². The smallest absolute Gasteiger partial charge is 0.291 e. The minimum absolute atomic E-state index is 0.124. The second-order valence-electron chi connectivity index (χ2n) is 5.54. The zero-order chi connectivity index (χ0) is 15.1. The highest BCUT2D eigenvalue weighted by atomic mass is 35.5. The van der Waals surface area contributed by atoms with Crippen LogP contribution in [0.4, 0.5) is 5.69 Å². The van der Waals surface area contributed by atoms with E-state index in [9.17, 15) is 4.79 Å². The van der Waals surface area contributed by atoms with Gasteiger partial charge >= 0.3 is 0 Å². The van der Waals surface area contributed by atoms with Gasteiger partial charge in [0.05, 0.1) is 11.2 Å². The van der Waals surface area contributed by atoms with Crippen LogP contribution in [0.3, 0.4) is 0 Å². The maximum absolute atomic E-state index is 12.3. The van der Waals surface area contributed by atoms with E-state index in [4.69, 9.17) is 16.3 Å². The van der Waals surface area contributed by atoms with Crippen molar-refractivity contribution in [2.45, 2.75) is 45.6 Å². The molecule has 1 aliphatic rings. The lowest BCUT2D eigenvalue weighted by atomic mass is 10.3. The molecule has 1 aliphatic carbocycles. The largest absolute Gasteiger partial charge is 0.381 e. The first kappa shape index (κ1) is 16.3. The summed E-state index contributed by atoms with van der Waals surface area (Å²) in [6.07, 6.45) is 7.01. The average Bonchev–Trinajstić information content (AvgIpc) is 3.28. The standard InChI is InChI=1S/C15H24ClN3O2/c1-2-3-8-21-9-4-7-17-14-13(16)10-18-19(15(14)20)11-12-5-6-12/h10,12,17H,2-9,11H2,1H3. The molecule has 0 radical (unpaired) electrons. The lowest BCUT2D eigenvalue weighted by molar-refractivity contribution is 0.131. The van der Waals surface area contributed by atoms with Gasteiger partial charge in [-0.05, 0) is 31.6 Å². The summed E-state index contributed by atoms with van der Waals surface area (Å²) < 4.78 is 7.01. The Hall–Kier alpha value is -1.07. The molecule has 0 aromatic carbocycles. The lowest BCUT2D eigenvalue weighted by Gasteiger charge is -2.10. The van der Waals surface area contributed by atoms with E-state index in [0.29, 0.717) is 36.3 Å². The second kappa shape index (κ2) is 8.39. The summed E-state index contributed by atoms with van der Waals surface area (Å²) in [5.74, 6) is 0.608. The molecular weight excluding hydrogens is 290 g/mol.